The van der Waals surface area contributed by atoms with E-state index in [1.54, 1.807) is 24.3 Å². The van der Waals surface area contributed by atoms with E-state index in [1.807, 2.05) is 18.2 Å². The van der Waals surface area contributed by atoms with Crippen molar-refractivity contribution in [3.8, 4) is 0 Å². The highest BCUT2D eigenvalue weighted by atomic mass is 35.5. The van der Waals surface area contributed by atoms with E-state index in [9.17, 15) is 14.8 Å². The monoisotopic (exact) mass is 332 g/mol. The normalized spacial score (nSPS) is 10.4. The predicted molar refractivity (Wildman–Crippen MR) is 93.0 cm³/mol. The number of carbonyl (C=O) groups excluding carboxylic acids is 1. The molecule has 0 heterocycles. The van der Waals surface area contributed by atoms with Gasteiger partial charge in [0.05, 0.1) is 0 Å². The molecule has 2 aromatic rings. The molecule has 0 spiro atoms. The average Bonchev–Trinajstić information content (AvgIpc) is 2.58. The van der Waals surface area contributed by atoms with Crippen LogP contribution in [-0.2, 0) is 13.0 Å². The lowest BCUT2D eigenvalue weighted by molar-refractivity contribution is 0.112. The molecule has 120 valence electrons. The smallest absolute Gasteiger partial charge is 0.423 e. The van der Waals surface area contributed by atoms with Gasteiger partial charge in [0.1, 0.15) is 0 Å². The molecule has 0 saturated heterocycles. The minimum atomic E-state index is -1.55. The van der Waals surface area contributed by atoms with Crippen LogP contribution in [-0.4, -0.2) is 30.0 Å². The summed E-state index contributed by atoms with van der Waals surface area (Å²) >= 11 is 5.47. The summed E-state index contributed by atoms with van der Waals surface area (Å²) in [5.74, 6) is 0. The Hall–Kier alpha value is -1.86. The molecule has 0 saturated carbocycles. The minimum absolute atomic E-state index is 0.375. The summed E-state index contributed by atoms with van der Waals surface area (Å²) in [5.41, 5.74) is 3.48. The summed E-state index contributed by atoms with van der Waals surface area (Å²) in [7, 11) is -1.55. The molecular weight excluding hydrogens is 314 g/mol. The van der Waals surface area contributed by atoms with Crippen LogP contribution in [0, 0.1) is 0 Å². The molecule has 0 aliphatic rings. The standard InChI is InChI=1S/C16H18BClN2O3/c18-20-8-7-12-5-6-15(17(22)23)14(9-12)10-19-16-4-2-1-3-13(16)11-21/h1-6,9,11,19-20,22-23H,7-8,10H2. The molecule has 0 aliphatic heterocycles. The number of benzene rings is 2. The number of rotatable bonds is 8. The van der Waals surface area contributed by atoms with Crippen molar-refractivity contribution >= 4 is 36.3 Å². The second kappa shape index (κ2) is 8.69. The average molecular weight is 333 g/mol. The van der Waals surface area contributed by atoms with Gasteiger partial charge in [-0.05, 0) is 46.9 Å². The van der Waals surface area contributed by atoms with E-state index >= 15 is 0 Å². The maximum absolute atomic E-state index is 11.0. The molecule has 0 unspecified atom stereocenters. The van der Waals surface area contributed by atoms with E-state index in [1.165, 1.54) is 0 Å². The molecule has 23 heavy (non-hydrogen) atoms. The number of nitrogens with one attached hydrogen (secondary N) is 2. The van der Waals surface area contributed by atoms with Gasteiger partial charge in [0.15, 0.2) is 6.29 Å². The zero-order chi connectivity index (χ0) is 16.7. The molecule has 0 bridgehead atoms. The van der Waals surface area contributed by atoms with Crippen LogP contribution in [0.15, 0.2) is 42.5 Å². The third kappa shape index (κ3) is 4.81. The highest BCUT2D eigenvalue weighted by Gasteiger charge is 2.16. The fourth-order valence-corrected chi connectivity index (χ4v) is 2.46. The summed E-state index contributed by atoms with van der Waals surface area (Å²) in [4.78, 5) is 13.6. The van der Waals surface area contributed by atoms with Gasteiger partial charge in [-0.25, -0.2) is 4.84 Å². The molecule has 4 N–H and O–H groups in total. The molecule has 2 rings (SSSR count). The highest BCUT2D eigenvalue weighted by Crippen LogP contribution is 2.14. The van der Waals surface area contributed by atoms with Crippen molar-refractivity contribution in [2.45, 2.75) is 13.0 Å². The molecule has 7 heteroatoms. The first kappa shape index (κ1) is 17.5. The Kier molecular flexibility index (Phi) is 6.61. The van der Waals surface area contributed by atoms with E-state index in [2.05, 4.69) is 10.2 Å². The molecule has 0 fully saturated rings. The van der Waals surface area contributed by atoms with Gasteiger partial charge in [0.2, 0.25) is 0 Å². The fourth-order valence-electron chi connectivity index (χ4n) is 2.36. The number of hydrogen-bond acceptors (Lipinski definition) is 5. The Morgan fingerprint density at radius 2 is 1.96 bits per heavy atom. The first-order valence-electron chi connectivity index (χ1n) is 7.25. The van der Waals surface area contributed by atoms with E-state index in [-0.39, 0.29) is 0 Å². The number of aldehydes is 1. The van der Waals surface area contributed by atoms with Gasteiger partial charge in [0, 0.05) is 24.3 Å². The first-order chi connectivity index (χ1) is 11.2. The van der Waals surface area contributed by atoms with Crippen LogP contribution in [0.5, 0.6) is 0 Å². The van der Waals surface area contributed by atoms with Crippen molar-refractivity contribution in [2.75, 3.05) is 11.9 Å². The van der Waals surface area contributed by atoms with Crippen LogP contribution < -0.4 is 15.6 Å². The second-order valence-corrected chi connectivity index (χ2v) is 5.37. The van der Waals surface area contributed by atoms with E-state index in [0.29, 0.717) is 29.8 Å². The number of carbonyl (C=O) groups is 1. The van der Waals surface area contributed by atoms with Crippen LogP contribution in [0.2, 0.25) is 0 Å². The van der Waals surface area contributed by atoms with Gasteiger partial charge in [-0.15, -0.1) is 0 Å². The molecule has 2 aromatic carbocycles. The third-order valence-corrected chi connectivity index (χ3v) is 3.74. The summed E-state index contributed by atoms with van der Waals surface area (Å²) in [6, 6.07) is 12.6. The lowest BCUT2D eigenvalue weighted by atomic mass is 9.76. The molecule has 0 radical (unpaired) electrons. The SMILES string of the molecule is O=Cc1ccccc1NCc1cc(CCNCl)ccc1B(O)O. The zero-order valence-electron chi connectivity index (χ0n) is 12.5. The minimum Gasteiger partial charge on any atom is -0.423 e. The number of halogens is 1. The van der Waals surface area contributed by atoms with Gasteiger partial charge >= 0.3 is 7.12 Å². The molecule has 5 nitrogen and oxygen atoms in total. The summed E-state index contributed by atoms with van der Waals surface area (Å²) in [6.07, 6.45) is 1.51. The Morgan fingerprint density at radius 3 is 2.65 bits per heavy atom. The zero-order valence-corrected chi connectivity index (χ0v) is 13.3. The van der Waals surface area contributed by atoms with Crippen molar-refractivity contribution in [1.29, 1.82) is 0 Å². The van der Waals surface area contributed by atoms with Gasteiger partial charge in [-0.3, -0.25) is 4.79 Å². The van der Waals surface area contributed by atoms with Gasteiger partial charge < -0.3 is 15.4 Å². The third-order valence-electron chi connectivity index (χ3n) is 3.55. The maximum atomic E-state index is 11.0. The van der Waals surface area contributed by atoms with Gasteiger partial charge in [0.25, 0.3) is 0 Å². The number of hydrogen-bond donors (Lipinski definition) is 4. The fraction of sp³-hybridized carbons (Fsp3) is 0.188. The largest absolute Gasteiger partial charge is 0.488 e. The summed E-state index contributed by atoms with van der Waals surface area (Å²) < 4.78 is 0. The van der Waals surface area contributed by atoms with Crippen LogP contribution in [0.3, 0.4) is 0 Å². The van der Waals surface area contributed by atoms with Crippen molar-refractivity contribution in [3.63, 3.8) is 0 Å². The molecule has 0 atom stereocenters. The molecular formula is C16H18BClN2O3. The molecule has 0 aliphatic carbocycles. The number of anilines is 1. The van der Waals surface area contributed by atoms with E-state index in [4.69, 9.17) is 11.8 Å². The van der Waals surface area contributed by atoms with Crippen LogP contribution >= 0.6 is 11.8 Å². The van der Waals surface area contributed by atoms with Crippen LogP contribution in [0.25, 0.3) is 0 Å². The molecule has 0 aromatic heterocycles. The topological polar surface area (TPSA) is 81.6 Å². The maximum Gasteiger partial charge on any atom is 0.488 e. The molecule has 0 amide bonds. The number of para-hydroxylation sites is 1. The van der Waals surface area contributed by atoms with Crippen molar-refractivity contribution in [2.24, 2.45) is 0 Å². The predicted octanol–water partition coefficient (Wildman–Crippen LogP) is 1.08. The van der Waals surface area contributed by atoms with Crippen molar-refractivity contribution < 1.29 is 14.8 Å². The lowest BCUT2D eigenvalue weighted by Crippen LogP contribution is -2.34. The van der Waals surface area contributed by atoms with E-state index < -0.39 is 7.12 Å². The Bertz CT molecular complexity index is 668. The first-order valence-corrected chi connectivity index (χ1v) is 7.63. The van der Waals surface area contributed by atoms with Gasteiger partial charge in [-0.2, -0.15) is 0 Å². The Morgan fingerprint density at radius 1 is 1.17 bits per heavy atom. The van der Waals surface area contributed by atoms with E-state index in [0.717, 1.165) is 23.8 Å². The summed E-state index contributed by atoms with van der Waals surface area (Å²) in [5, 5.41) is 22.2. The van der Waals surface area contributed by atoms with Crippen LogP contribution in [0.1, 0.15) is 21.5 Å². The quantitative estimate of drug-likeness (QED) is 0.330. The Balaban J connectivity index is 2.20. The Labute approximate surface area is 140 Å². The van der Waals surface area contributed by atoms with Crippen molar-refractivity contribution in [3.05, 3.63) is 59.2 Å². The summed E-state index contributed by atoms with van der Waals surface area (Å²) in [6.45, 7) is 0.989. The highest BCUT2D eigenvalue weighted by molar-refractivity contribution is 6.59. The lowest BCUT2D eigenvalue weighted by Gasteiger charge is -2.14. The van der Waals surface area contributed by atoms with Crippen molar-refractivity contribution in [1.82, 2.24) is 4.84 Å². The second-order valence-electron chi connectivity index (χ2n) is 5.10. The van der Waals surface area contributed by atoms with Crippen LogP contribution in [0.4, 0.5) is 5.69 Å². The van der Waals surface area contributed by atoms with Gasteiger partial charge in [-0.1, -0.05) is 30.3 Å².